The minimum Gasteiger partial charge on any atom is -0.381 e. The summed E-state index contributed by atoms with van der Waals surface area (Å²) in [5, 5.41) is 2.58. The van der Waals surface area contributed by atoms with E-state index in [0.717, 1.165) is 0 Å². The zero-order valence-corrected chi connectivity index (χ0v) is 14.5. The topological polar surface area (TPSA) is 100 Å². The predicted molar refractivity (Wildman–Crippen MR) is 92.4 cm³/mol. The lowest BCUT2D eigenvalue weighted by atomic mass is 10.2. The van der Waals surface area contributed by atoms with Crippen LogP contribution in [0.2, 0.25) is 0 Å². The zero-order valence-electron chi connectivity index (χ0n) is 14.5. The number of amides is 2. The maximum Gasteiger partial charge on any atom is 0.257 e. The molecule has 8 nitrogen and oxygen atoms in total. The Kier molecular flexibility index (Phi) is 5.27. The van der Waals surface area contributed by atoms with Crippen molar-refractivity contribution in [1.82, 2.24) is 25.2 Å². The Balaban J connectivity index is 1.70. The largest absolute Gasteiger partial charge is 0.381 e. The second-order valence-electron chi connectivity index (χ2n) is 6.10. The van der Waals surface area contributed by atoms with Crippen LogP contribution in [0, 0.1) is 6.92 Å². The normalized spacial score (nSPS) is 20.2. The molecular formula is C17H20FN5O3. The molecule has 0 aromatic carbocycles. The number of hydrogen-bond donors (Lipinski definition) is 2. The molecule has 2 atom stereocenters. The van der Waals surface area contributed by atoms with Crippen LogP contribution >= 0.6 is 0 Å². The summed E-state index contributed by atoms with van der Waals surface area (Å²) in [6.07, 6.45) is 4.50. The van der Waals surface area contributed by atoms with Crippen LogP contribution in [-0.2, 0) is 9.53 Å². The molecule has 1 aliphatic rings. The number of pyridine rings is 1. The van der Waals surface area contributed by atoms with E-state index in [9.17, 15) is 14.0 Å². The first-order valence-electron chi connectivity index (χ1n) is 8.19. The number of aromatic nitrogens is 3. The van der Waals surface area contributed by atoms with Crippen molar-refractivity contribution in [3.05, 3.63) is 35.9 Å². The van der Waals surface area contributed by atoms with E-state index < -0.39 is 18.1 Å². The molecule has 0 bridgehead atoms. The molecule has 9 heteroatoms. The second-order valence-corrected chi connectivity index (χ2v) is 6.10. The lowest BCUT2D eigenvalue weighted by molar-refractivity contribution is -0.117. The van der Waals surface area contributed by atoms with Gasteiger partial charge in [0.15, 0.2) is 0 Å². The molecule has 1 fully saturated rings. The summed E-state index contributed by atoms with van der Waals surface area (Å²) in [6, 6.07) is -0.758. The van der Waals surface area contributed by atoms with Gasteiger partial charge in [0.2, 0.25) is 5.91 Å². The Morgan fingerprint density at radius 1 is 1.46 bits per heavy atom. The fourth-order valence-corrected chi connectivity index (χ4v) is 2.93. The maximum atomic E-state index is 14.3. The number of aryl methyl sites for hydroxylation is 1. The number of likely N-dealkylation sites (tertiary alicyclic amines) is 1. The van der Waals surface area contributed by atoms with Crippen LogP contribution < -0.4 is 5.32 Å². The summed E-state index contributed by atoms with van der Waals surface area (Å²) in [5.74, 6) is -0.112. The Morgan fingerprint density at radius 2 is 2.27 bits per heavy atom. The molecule has 2 amide bonds. The number of nitrogens with zero attached hydrogens (tertiary/aromatic N) is 3. The van der Waals surface area contributed by atoms with E-state index in [2.05, 4.69) is 20.3 Å². The Bertz CT molecular complexity index is 850. The SMILES string of the molecule is COC/C=C/C(=O)N[C@@H]1CN(C(=O)c2cncc3[nH]c(C)nc23)C[C@@H]1F. The van der Waals surface area contributed by atoms with Gasteiger partial charge in [0.25, 0.3) is 5.91 Å². The van der Waals surface area contributed by atoms with E-state index in [1.54, 1.807) is 13.1 Å². The Morgan fingerprint density at radius 3 is 3.04 bits per heavy atom. The number of methoxy groups -OCH3 is 1. The van der Waals surface area contributed by atoms with Crippen LogP contribution in [-0.4, -0.2) is 70.7 Å². The van der Waals surface area contributed by atoms with Gasteiger partial charge in [0.1, 0.15) is 17.5 Å². The number of alkyl halides is 1. The summed E-state index contributed by atoms with van der Waals surface area (Å²) in [7, 11) is 1.51. The Labute approximate surface area is 149 Å². The van der Waals surface area contributed by atoms with Crippen molar-refractivity contribution in [1.29, 1.82) is 0 Å². The van der Waals surface area contributed by atoms with Gasteiger partial charge in [-0.3, -0.25) is 14.6 Å². The number of carbonyl (C=O) groups is 2. The van der Waals surface area contributed by atoms with Crippen LogP contribution in [0.1, 0.15) is 16.2 Å². The highest BCUT2D eigenvalue weighted by molar-refractivity contribution is 6.04. The number of nitrogens with one attached hydrogen (secondary N) is 2. The van der Waals surface area contributed by atoms with E-state index >= 15 is 0 Å². The van der Waals surface area contributed by atoms with Crippen LogP contribution in [0.3, 0.4) is 0 Å². The van der Waals surface area contributed by atoms with E-state index in [1.165, 1.54) is 30.4 Å². The molecule has 1 saturated heterocycles. The van der Waals surface area contributed by atoms with E-state index in [0.29, 0.717) is 29.0 Å². The Hall–Kier alpha value is -2.81. The van der Waals surface area contributed by atoms with Crippen molar-refractivity contribution < 1.29 is 18.7 Å². The first-order valence-corrected chi connectivity index (χ1v) is 8.19. The van der Waals surface area contributed by atoms with Crippen molar-refractivity contribution >= 4 is 22.8 Å². The molecule has 0 spiro atoms. The van der Waals surface area contributed by atoms with Gasteiger partial charge < -0.3 is 19.9 Å². The highest BCUT2D eigenvalue weighted by Gasteiger charge is 2.37. The van der Waals surface area contributed by atoms with Gasteiger partial charge in [-0.15, -0.1) is 0 Å². The maximum absolute atomic E-state index is 14.3. The number of halogens is 1. The van der Waals surface area contributed by atoms with Gasteiger partial charge in [-0.05, 0) is 6.92 Å². The molecule has 138 valence electrons. The number of rotatable bonds is 5. The molecule has 26 heavy (non-hydrogen) atoms. The average molecular weight is 361 g/mol. The molecule has 1 aliphatic heterocycles. The lowest BCUT2D eigenvalue weighted by Crippen LogP contribution is -2.41. The number of aromatic amines is 1. The van der Waals surface area contributed by atoms with Crippen molar-refractivity contribution in [3.63, 3.8) is 0 Å². The molecular weight excluding hydrogens is 341 g/mol. The summed E-state index contributed by atoms with van der Waals surface area (Å²) >= 11 is 0. The number of hydrogen-bond acceptors (Lipinski definition) is 5. The summed E-state index contributed by atoms with van der Waals surface area (Å²) < 4.78 is 19.1. The smallest absolute Gasteiger partial charge is 0.257 e. The third-order valence-corrected chi connectivity index (χ3v) is 4.14. The highest BCUT2D eigenvalue weighted by atomic mass is 19.1. The van der Waals surface area contributed by atoms with E-state index in [1.807, 2.05) is 0 Å². The van der Waals surface area contributed by atoms with Gasteiger partial charge in [-0.25, -0.2) is 9.37 Å². The molecule has 2 N–H and O–H groups in total. The first-order chi connectivity index (χ1) is 12.5. The van der Waals surface area contributed by atoms with Crippen molar-refractivity contribution in [3.8, 4) is 0 Å². The number of H-pyrrole nitrogens is 1. The summed E-state index contributed by atoms with van der Waals surface area (Å²) in [4.78, 5) is 37.3. The minimum atomic E-state index is -1.34. The first kappa shape index (κ1) is 18.0. The van der Waals surface area contributed by atoms with Crippen LogP contribution in [0.15, 0.2) is 24.5 Å². The van der Waals surface area contributed by atoms with Gasteiger partial charge in [-0.1, -0.05) is 6.08 Å². The molecule has 3 heterocycles. The van der Waals surface area contributed by atoms with Crippen molar-refractivity contribution in [2.45, 2.75) is 19.1 Å². The molecule has 2 aromatic heterocycles. The predicted octanol–water partition coefficient (Wildman–Crippen LogP) is 0.748. The van der Waals surface area contributed by atoms with E-state index in [-0.39, 0.29) is 19.0 Å². The number of fused-ring (bicyclic) bond motifs is 1. The van der Waals surface area contributed by atoms with E-state index in [4.69, 9.17) is 4.74 Å². The third kappa shape index (κ3) is 3.72. The number of ether oxygens (including phenoxy) is 1. The summed E-state index contributed by atoms with van der Waals surface area (Å²) in [6.45, 7) is 2.07. The average Bonchev–Trinajstić information content (AvgIpc) is 3.16. The zero-order chi connectivity index (χ0) is 18.7. The van der Waals surface area contributed by atoms with Crippen molar-refractivity contribution in [2.75, 3.05) is 26.8 Å². The van der Waals surface area contributed by atoms with Crippen LogP contribution in [0.4, 0.5) is 4.39 Å². The fraction of sp³-hybridized carbons (Fsp3) is 0.412. The minimum absolute atomic E-state index is 0.0870. The van der Waals surface area contributed by atoms with Gasteiger partial charge in [0.05, 0.1) is 36.5 Å². The quantitative estimate of drug-likeness (QED) is 0.766. The van der Waals surface area contributed by atoms with Crippen molar-refractivity contribution in [2.24, 2.45) is 0 Å². The standard InChI is InChI=1S/C17H20FN5O3/c1-10-20-13-7-19-6-11(16(13)21-10)17(25)23-8-12(18)14(9-23)22-15(24)4-3-5-26-2/h3-4,6-7,12,14H,5,8-9H2,1-2H3,(H,20,21)(H,22,24)/b4-3+/t12-,14+/m0/s1. The monoisotopic (exact) mass is 361 g/mol. The highest BCUT2D eigenvalue weighted by Crippen LogP contribution is 2.21. The number of imidazole rings is 1. The van der Waals surface area contributed by atoms with Crippen LogP contribution in [0.25, 0.3) is 11.0 Å². The van der Waals surface area contributed by atoms with Crippen LogP contribution in [0.5, 0.6) is 0 Å². The molecule has 0 radical (unpaired) electrons. The molecule has 2 aromatic rings. The summed E-state index contributed by atoms with van der Waals surface area (Å²) in [5.41, 5.74) is 1.47. The number of carbonyl (C=O) groups excluding carboxylic acids is 2. The molecule has 0 unspecified atom stereocenters. The lowest BCUT2D eigenvalue weighted by Gasteiger charge is -2.16. The van der Waals surface area contributed by atoms with Gasteiger partial charge in [0, 0.05) is 25.9 Å². The fourth-order valence-electron chi connectivity index (χ4n) is 2.93. The molecule has 0 aliphatic carbocycles. The van der Waals surface area contributed by atoms with Gasteiger partial charge >= 0.3 is 0 Å². The molecule has 0 saturated carbocycles. The second kappa shape index (κ2) is 7.61. The third-order valence-electron chi connectivity index (χ3n) is 4.14. The van der Waals surface area contributed by atoms with Gasteiger partial charge in [-0.2, -0.15) is 0 Å². The molecule has 3 rings (SSSR count).